The molecule has 0 atom stereocenters. The van der Waals surface area contributed by atoms with Gasteiger partial charge in [-0.05, 0) is 32.8 Å². The fraction of sp³-hybridized carbons (Fsp3) is 0.556. The molecule has 1 aromatic carbocycles. The molecule has 0 saturated carbocycles. The van der Waals surface area contributed by atoms with Crippen molar-refractivity contribution in [2.24, 2.45) is 4.99 Å². The first-order valence-corrected chi connectivity index (χ1v) is 8.36. The molecule has 0 radical (unpaired) electrons. The van der Waals surface area contributed by atoms with Crippen molar-refractivity contribution in [3.05, 3.63) is 35.9 Å². The molecule has 1 fully saturated rings. The van der Waals surface area contributed by atoms with Crippen molar-refractivity contribution in [2.45, 2.75) is 38.8 Å². The quantitative estimate of drug-likeness (QED) is 0.412. The van der Waals surface area contributed by atoms with Gasteiger partial charge in [-0.25, -0.2) is 4.79 Å². The number of likely N-dealkylation sites (tertiary alicyclic amines) is 1. The molecule has 0 unspecified atom stereocenters. The number of hydrogen-bond acceptors (Lipinski definition) is 3. The van der Waals surface area contributed by atoms with E-state index in [2.05, 4.69) is 27.8 Å². The Balaban J connectivity index is 0.00000312. The van der Waals surface area contributed by atoms with Crippen LogP contribution >= 0.6 is 24.0 Å². The van der Waals surface area contributed by atoms with Gasteiger partial charge in [0.15, 0.2) is 5.96 Å². The maximum Gasteiger partial charge on any atom is 0.410 e. The molecule has 1 aliphatic rings. The molecule has 1 aliphatic heterocycles. The van der Waals surface area contributed by atoms with Crippen LogP contribution in [0.3, 0.4) is 0 Å². The number of guanidine groups is 1. The molecule has 2 N–H and O–H groups in total. The molecule has 0 spiro atoms. The number of carbonyl (C=O) groups is 1. The molecule has 1 saturated heterocycles. The first-order chi connectivity index (χ1) is 11.4. The van der Waals surface area contributed by atoms with E-state index in [1.807, 2.05) is 39.0 Å². The lowest BCUT2D eigenvalue weighted by Crippen LogP contribution is -2.63. The maximum absolute atomic E-state index is 11.9. The smallest absolute Gasteiger partial charge is 0.410 e. The lowest BCUT2D eigenvalue weighted by Gasteiger charge is -2.40. The number of carbonyl (C=O) groups excluding carboxylic acids is 1. The summed E-state index contributed by atoms with van der Waals surface area (Å²) in [5.74, 6) is 0.764. The van der Waals surface area contributed by atoms with Crippen molar-refractivity contribution < 1.29 is 9.53 Å². The Morgan fingerprint density at radius 2 is 1.92 bits per heavy atom. The van der Waals surface area contributed by atoms with Crippen LogP contribution in [0.5, 0.6) is 0 Å². The lowest BCUT2D eigenvalue weighted by atomic mass is 10.1. The van der Waals surface area contributed by atoms with Crippen LogP contribution in [0.4, 0.5) is 4.79 Å². The average molecular weight is 460 g/mol. The van der Waals surface area contributed by atoms with Gasteiger partial charge in [-0.3, -0.25) is 4.99 Å². The summed E-state index contributed by atoms with van der Waals surface area (Å²) < 4.78 is 5.35. The summed E-state index contributed by atoms with van der Waals surface area (Å²) >= 11 is 0. The number of nitrogens with one attached hydrogen (secondary N) is 2. The van der Waals surface area contributed by atoms with Crippen LogP contribution in [-0.4, -0.2) is 55.3 Å². The second-order valence-electron chi connectivity index (χ2n) is 6.96. The molecule has 7 heteroatoms. The van der Waals surface area contributed by atoms with Gasteiger partial charge < -0.3 is 20.3 Å². The predicted molar refractivity (Wildman–Crippen MR) is 112 cm³/mol. The fourth-order valence-corrected chi connectivity index (χ4v) is 2.40. The van der Waals surface area contributed by atoms with Crippen LogP contribution in [0.2, 0.25) is 0 Å². The molecule has 6 nitrogen and oxygen atoms in total. The Bertz CT molecular complexity index is 566. The summed E-state index contributed by atoms with van der Waals surface area (Å²) in [6.45, 7) is 7.70. The van der Waals surface area contributed by atoms with E-state index in [0.29, 0.717) is 13.1 Å². The summed E-state index contributed by atoms with van der Waals surface area (Å²) in [6, 6.07) is 10.5. The highest BCUT2D eigenvalue weighted by atomic mass is 127. The number of hydrogen-bond donors (Lipinski definition) is 2. The first kappa shape index (κ1) is 21.5. The van der Waals surface area contributed by atoms with Gasteiger partial charge in [0, 0.05) is 26.7 Å². The van der Waals surface area contributed by atoms with Gasteiger partial charge in [0.2, 0.25) is 0 Å². The van der Waals surface area contributed by atoms with E-state index in [9.17, 15) is 4.79 Å². The van der Waals surface area contributed by atoms with Crippen LogP contribution in [0.15, 0.2) is 35.3 Å². The van der Waals surface area contributed by atoms with E-state index in [0.717, 1.165) is 18.9 Å². The zero-order valence-electron chi connectivity index (χ0n) is 15.4. The van der Waals surface area contributed by atoms with Crippen LogP contribution in [-0.2, 0) is 11.2 Å². The topological polar surface area (TPSA) is 66.0 Å². The maximum atomic E-state index is 11.9. The predicted octanol–water partition coefficient (Wildman–Crippen LogP) is 2.63. The van der Waals surface area contributed by atoms with Gasteiger partial charge in [-0.15, -0.1) is 24.0 Å². The van der Waals surface area contributed by atoms with Crippen LogP contribution < -0.4 is 10.6 Å². The lowest BCUT2D eigenvalue weighted by molar-refractivity contribution is 0.00701. The standard InChI is InChI=1S/C18H28N4O2.HI/c1-18(2,3)24-17(23)22-12-15(13-22)21-16(19-4)20-11-10-14-8-6-5-7-9-14;/h5-9,15H,10-13H2,1-4H3,(H2,19,20,21);1H. The monoisotopic (exact) mass is 460 g/mol. The largest absolute Gasteiger partial charge is 0.444 e. The zero-order valence-corrected chi connectivity index (χ0v) is 17.7. The average Bonchev–Trinajstić information content (AvgIpc) is 2.47. The van der Waals surface area contributed by atoms with Crippen molar-refractivity contribution in [3.63, 3.8) is 0 Å². The Hall–Kier alpha value is -1.51. The van der Waals surface area contributed by atoms with Crippen LogP contribution in [0.25, 0.3) is 0 Å². The van der Waals surface area contributed by atoms with Gasteiger partial charge in [0.1, 0.15) is 5.60 Å². The molecule has 1 heterocycles. The van der Waals surface area contributed by atoms with Crippen molar-refractivity contribution in [2.75, 3.05) is 26.7 Å². The van der Waals surface area contributed by atoms with Crippen LogP contribution in [0, 0.1) is 0 Å². The highest BCUT2D eigenvalue weighted by molar-refractivity contribution is 14.0. The van der Waals surface area contributed by atoms with E-state index >= 15 is 0 Å². The molecule has 1 aromatic rings. The van der Waals surface area contributed by atoms with Crippen LogP contribution in [0.1, 0.15) is 26.3 Å². The molecule has 25 heavy (non-hydrogen) atoms. The highest BCUT2D eigenvalue weighted by Crippen LogP contribution is 2.15. The van der Waals surface area contributed by atoms with E-state index < -0.39 is 5.60 Å². The second kappa shape index (κ2) is 9.84. The third-order valence-electron chi connectivity index (χ3n) is 3.65. The molecule has 0 aliphatic carbocycles. The number of halogens is 1. The summed E-state index contributed by atoms with van der Waals surface area (Å²) in [5, 5.41) is 6.63. The normalized spacial score (nSPS) is 15.0. The van der Waals surface area contributed by atoms with Gasteiger partial charge in [-0.1, -0.05) is 30.3 Å². The molecule has 0 aromatic heterocycles. The fourth-order valence-electron chi connectivity index (χ4n) is 2.40. The van der Waals surface area contributed by atoms with Crippen molar-refractivity contribution in [1.29, 1.82) is 0 Å². The number of benzene rings is 1. The van der Waals surface area contributed by atoms with Crippen molar-refractivity contribution in [3.8, 4) is 0 Å². The van der Waals surface area contributed by atoms with E-state index in [-0.39, 0.29) is 36.1 Å². The number of rotatable bonds is 4. The number of aliphatic imine (C=N–C) groups is 1. The molecule has 2 rings (SSSR count). The SMILES string of the molecule is CN=C(NCCc1ccccc1)NC1CN(C(=O)OC(C)(C)C)C1.I. The van der Waals surface area contributed by atoms with Gasteiger partial charge >= 0.3 is 6.09 Å². The Morgan fingerprint density at radius 1 is 1.28 bits per heavy atom. The van der Waals surface area contributed by atoms with E-state index in [4.69, 9.17) is 4.74 Å². The van der Waals surface area contributed by atoms with E-state index in [1.165, 1.54) is 5.56 Å². The summed E-state index contributed by atoms with van der Waals surface area (Å²) in [7, 11) is 1.75. The number of amides is 1. The molecule has 0 bridgehead atoms. The molecular formula is C18H29IN4O2. The third-order valence-corrected chi connectivity index (χ3v) is 3.65. The summed E-state index contributed by atoms with van der Waals surface area (Å²) in [6.07, 6.45) is 0.684. The second-order valence-corrected chi connectivity index (χ2v) is 6.96. The highest BCUT2D eigenvalue weighted by Gasteiger charge is 2.34. The molecule has 140 valence electrons. The van der Waals surface area contributed by atoms with Crippen molar-refractivity contribution >= 4 is 36.0 Å². The minimum Gasteiger partial charge on any atom is -0.444 e. The summed E-state index contributed by atoms with van der Waals surface area (Å²) in [4.78, 5) is 17.8. The Labute approximate surface area is 167 Å². The van der Waals surface area contributed by atoms with Gasteiger partial charge in [0.05, 0.1) is 6.04 Å². The molecular weight excluding hydrogens is 431 g/mol. The minimum atomic E-state index is -0.454. The number of nitrogens with zero attached hydrogens (tertiary/aromatic N) is 2. The summed E-state index contributed by atoms with van der Waals surface area (Å²) in [5.41, 5.74) is 0.838. The third kappa shape index (κ3) is 7.50. The zero-order chi connectivity index (χ0) is 17.6. The first-order valence-electron chi connectivity index (χ1n) is 8.36. The van der Waals surface area contributed by atoms with E-state index in [1.54, 1.807) is 11.9 Å². The van der Waals surface area contributed by atoms with Crippen molar-refractivity contribution in [1.82, 2.24) is 15.5 Å². The Kier molecular flexibility index (Phi) is 8.47. The number of ether oxygens (including phenoxy) is 1. The molecule has 1 amide bonds. The Morgan fingerprint density at radius 3 is 2.48 bits per heavy atom. The van der Waals surface area contributed by atoms with Gasteiger partial charge in [-0.2, -0.15) is 0 Å². The van der Waals surface area contributed by atoms with Gasteiger partial charge in [0.25, 0.3) is 0 Å². The minimum absolute atomic E-state index is 0.